The van der Waals surface area contributed by atoms with Crippen LogP contribution in [0.1, 0.15) is 16.7 Å². The maximum Gasteiger partial charge on any atom is 0.330 e. The molecule has 1 aromatic carbocycles. The van der Waals surface area contributed by atoms with Gasteiger partial charge in [-0.1, -0.05) is 0 Å². The van der Waals surface area contributed by atoms with Gasteiger partial charge in [-0.3, -0.25) is 10.1 Å². The van der Waals surface area contributed by atoms with Crippen LogP contribution in [0.4, 0.5) is 5.69 Å². The topological polar surface area (TPSA) is 69.4 Å². The fourth-order valence-electron chi connectivity index (χ4n) is 1.46. The van der Waals surface area contributed by atoms with Crippen molar-refractivity contribution in [1.29, 1.82) is 0 Å². The molecule has 0 saturated heterocycles. The lowest BCUT2D eigenvalue weighted by Gasteiger charge is -2.03. The normalized spacial score (nSPS) is 10.5. The Labute approximate surface area is 98.9 Å². The first-order valence-corrected chi connectivity index (χ1v) is 4.97. The lowest BCUT2D eigenvalue weighted by Crippen LogP contribution is -1.96. The number of hydrogen-bond donors (Lipinski definition) is 0. The van der Waals surface area contributed by atoms with E-state index in [1.807, 2.05) is 6.92 Å². The number of hydrogen-bond acceptors (Lipinski definition) is 4. The largest absolute Gasteiger partial charge is 0.466 e. The molecule has 0 heterocycles. The second kappa shape index (κ2) is 5.25. The molecule has 0 fully saturated rings. The Hall–Kier alpha value is -2.17. The lowest BCUT2D eigenvalue weighted by molar-refractivity contribution is -0.385. The molecule has 5 nitrogen and oxygen atoms in total. The van der Waals surface area contributed by atoms with Gasteiger partial charge in [-0.05, 0) is 37.1 Å². The van der Waals surface area contributed by atoms with Gasteiger partial charge in [-0.2, -0.15) is 0 Å². The zero-order chi connectivity index (χ0) is 13.0. The molecule has 0 N–H and O–H groups in total. The van der Waals surface area contributed by atoms with E-state index in [4.69, 9.17) is 0 Å². The zero-order valence-electron chi connectivity index (χ0n) is 9.89. The van der Waals surface area contributed by atoms with E-state index in [0.717, 1.165) is 5.56 Å². The minimum absolute atomic E-state index is 0.0418. The number of benzene rings is 1. The van der Waals surface area contributed by atoms with Crippen LogP contribution in [0.2, 0.25) is 0 Å². The Bertz CT molecular complexity index is 492. The van der Waals surface area contributed by atoms with Crippen molar-refractivity contribution < 1.29 is 14.5 Å². The van der Waals surface area contributed by atoms with Gasteiger partial charge in [-0.15, -0.1) is 0 Å². The van der Waals surface area contributed by atoms with Gasteiger partial charge < -0.3 is 4.74 Å². The first-order chi connectivity index (χ1) is 7.95. The van der Waals surface area contributed by atoms with Crippen LogP contribution < -0.4 is 0 Å². The summed E-state index contributed by atoms with van der Waals surface area (Å²) in [6, 6.07) is 3.17. The quantitative estimate of drug-likeness (QED) is 0.349. The summed E-state index contributed by atoms with van der Waals surface area (Å²) in [5.74, 6) is -0.493. The predicted octanol–water partition coefficient (Wildman–Crippen LogP) is 2.40. The third kappa shape index (κ3) is 3.14. The van der Waals surface area contributed by atoms with Crippen molar-refractivity contribution in [2.24, 2.45) is 0 Å². The van der Waals surface area contributed by atoms with Crippen LogP contribution in [0, 0.1) is 24.0 Å². The second-order valence-electron chi connectivity index (χ2n) is 3.61. The van der Waals surface area contributed by atoms with Crippen LogP contribution in [0.5, 0.6) is 0 Å². The number of methoxy groups -OCH3 is 1. The van der Waals surface area contributed by atoms with Crippen molar-refractivity contribution in [2.45, 2.75) is 13.8 Å². The Balaban J connectivity index is 3.16. The maximum atomic E-state index is 10.9. The number of ether oxygens (including phenoxy) is 1. The minimum atomic E-state index is -0.493. The lowest BCUT2D eigenvalue weighted by atomic mass is 10.0. The number of carbonyl (C=O) groups excluding carboxylic acids is 1. The summed E-state index contributed by atoms with van der Waals surface area (Å²) in [6.45, 7) is 3.51. The molecule has 0 aliphatic carbocycles. The number of nitro benzene ring substituents is 1. The van der Waals surface area contributed by atoms with E-state index >= 15 is 0 Å². The van der Waals surface area contributed by atoms with Gasteiger partial charge in [0.25, 0.3) is 5.69 Å². The highest BCUT2D eigenvalue weighted by atomic mass is 16.6. The van der Waals surface area contributed by atoms with E-state index in [9.17, 15) is 14.9 Å². The minimum Gasteiger partial charge on any atom is -0.466 e. The van der Waals surface area contributed by atoms with Gasteiger partial charge in [-0.25, -0.2) is 4.79 Å². The molecule has 0 aliphatic heterocycles. The molecular weight excluding hydrogens is 222 g/mol. The van der Waals surface area contributed by atoms with Crippen LogP contribution in [0.15, 0.2) is 18.2 Å². The van der Waals surface area contributed by atoms with Gasteiger partial charge in [0.15, 0.2) is 0 Å². The van der Waals surface area contributed by atoms with E-state index < -0.39 is 10.9 Å². The Morgan fingerprint density at radius 2 is 2.00 bits per heavy atom. The summed E-state index contributed by atoms with van der Waals surface area (Å²) >= 11 is 0. The molecule has 0 atom stereocenters. The van der Waals surface area contributed by atoms with Crippen LogP contribution in [-0.2, 0) is 9.53 Å². The van der Waals surface area contributed by atoms with E-state index in [2.05, 4.69) is 4.74 Å². The molecule has 0 bridgehead atoms. The molecule has 17 heavy (non-hydrogen) atoms. The van der Waals surface area contributed by atoms with E-state index in [-0.39, 0.29) is 5.69 Å². The summed E-state index contributed by atoms with van der Waals surface area (Å²) in [5, 5.41) is 10.8. The predicted molar refractivity (Wildman–Crippen MR) is 63.6 cm³/mol. The standard InChI is InChI=1S/C12H13NO4/c1-8-6-9(2)11(13(15)16)7-10(8)4-5-12(14)17-3/h4-7H,1-3H3. The van der Waals surface area contributed by atoms with Crippen molar-refractivity contribution in [3.63, 3.8) is 0 Å². The third-order valence-corrected chi connectivity index (χ3v) is 2.38. The number of rotatable bonds is 3. The number of esters is 1. The van der Waals surface area contributed by atoms with Crippen LogP contribution >= 0.6 is 0 Å². The summed E-state index contributed by atoms with van der Waals surface area (Å²) in [6.07, 6.45) is 2.75. The smallest absolute Gasteiger partial charge is 0.330 e. The van der Waals surface area contributed by atoms with Crippen molar-refractivity contribution >= 4 is 17.7 Å². The van der Waals surface area contributed by atoms with Crippen LogP contribution in [0.25, 0.3) is 6.08 Å². The van der Waals surface area contributed by atoms with Gasteiger partial charge in [0.05, 0.1) is 12.0 Å². The monoisotopic (exact) mass is 235 g/mol. The fourth-order valence-corrected chi connectivity index (χ4v) is 1.46. The van der Waals surface area contributed by atoms with Crippen molar-refractivity contribution in [3.05, 3.63) is 45.0 Å². The molecule has 1 aromatic rings. The van der Waals surface area contributed by atoms with Crippen molar-refractivity contribution in [1.82, 2.24) is 0 Å². The molecule has 0 aromatic heterocycles. The van der Waals surface area contributed by atoms with E-state index in [1.54, 1.807) is 13.0 Å². The SMILES string of the molecule is COC(=O)C=Cc1cc([N+](=O)[O-])c(C)cc1C. The number of aryl methyl sites for hydroxylation is 2. The molecule has 0 unspecified atom stereocenters. The van der Waals surface area contributed by atoms with Crippen LogP contribution in [-0.4, -0.2) is 18.0 Å². The molecule has 5 heteroatoms. The Morgan fingerprint density at radius 3 is 2.53 bits per heavy atom. The molecular formula is C12H13NO4. The molecule has 0 aliphatic rings. The maximum absolute atomic E-state index is 10.9. The molecule has 0 spiro atoms. The second-order valence-corrected chi connectivity index (χ2v) is 3.61. The first kappa shape index (κ1) is 12.9. The summed E-state index contributed by atoms with van der Waals surface area (Å²) in [5.41, 5.74) is 2.14. The fraction of sp³-hybridized carbons (Fsp3) is 0.250. The average molecular weight is 235 g/mol. The van der Waals surface area contributed by atoms with E-state index in [0.29, 0.717) is 11.1 Å². The van der Waals surface area contributed by atoms with Crippen LogP contribution in [0.3, 0.4) is 0 Å². The number of carbonyl (C=O) groups is 1. The van der Waals surface area contributed by atoms with Gasteiger partial charge >= 0.3 is 5.97 Å². The average Bonchev–Trinajstić information content (AvgIpc) is 2.26. The molecule has 0 radical (unpaired) electrons. The highest BCUT2D eigenvalue weighted by Gasteiger charge is 2.12. The van der Waals surface area contributed by atoms with Crippen molar-refractivity contribution in [2.75, 3.05) is 7.11 Å². The Kier molecular flexibility index (Phi) is 3.98. The zero-order valence-corrected chi connectivity index (χ0v) is 9.89. The molecule has 0 amide bonds. The van der Waals surface area contributed by atoms with E-state index in [1.165, 1.54) is 25.3 Å². The molecule has 90 valence electrons. The van der Waals surface area contributed by atoms with Gasteiger partial charge in [0.2, 0.25) is 0 Å². The van der Waals surface area contributed by atoms with Gasteiger partial charge in [0, 0.05) is 17.7 Å². The molecule has 1 rings (SSSR count). The third-order valence-electron chi connectivity index (χ3n) is 2.38. The Morgan fingerprint density at radius 1 is 1.35 bits per heavy atom. The highest BCUT2D eigenvalue weighted by Crippen LogP contribution is 2.23. The summed E-state index contributed by atoms with van der Waals surface area (Å²) < 4.78 is 4.45. The highest BCUT2D eigenvalue weighted by molar-refractivity contribution is 5.87. The first-order valence-electron chi connectivity index (χ1n) is 4.97. The molecule has 0 saturated carbocycles. The van der Waals surface area contributed by atoms with Gasteiger partial charge in [0.1, 0.15) is 0 Å². The number of nitrogens with zero attached hydrogens (tertiary/aromatic N) is 1. The van der Waals surface area contributed by atoms with Crippen molar-refractivity contribution in [3.8, 4) is 0 Å². The summed E-state index contributed by atoms with van der Waals surface area (Å²) in [7, 11) is 1.27. The summed E-state index contributed by atoms with van der Waals surface area (Å²) in [4.78, 5) is 21.3. The number of nitro groups is 1.